The standard InChI is InChI=1S/C44H56N2O2/c1-5-7-9-11-13-21-29-45-33(3)39(31-35-23-15-19-27-41(35)45)44(38-26-18-17-25-37(38)43(47)48-44)40-32-36-24-16-20-28-42(36)46(34(40)4)30-22-14-12-10-8-6-2/h15-20,23-28,31-34H,5-14,21-22,29-30H2,1-4H3. The topological polar surface area (TPSA) is 32.8 Å². The van der Waals surface area contributed by atoms with E-state index in [1.54, 1.807) is 0 Å². The summed E-state index contributed by atoms with van der Waals surface area (Å²) in [5, 5.41) is 0. The van der Waals surface area contributed by atoms with Crippen molar-refractivity contribution in [2.45, 2.75) is 122 Å². The van der Waals surface area contributed by atoms with Gasteiger partial charge in [-0.25, -0.2) is 4.79 Å². The van der Waals surface area contributed by atoms with Crippen LogP contribution in [0.5, 0.6) is 0 Å². The predicted molar refractivity (Wildman–Crippen MR) is 203 cm³/mol. The second-order valence-corrected chi connectivity index (χ2v) is 14.2. The maximum atomic E-state index is 13.9. The van der Waals surface area contributed by atoms with Crippen LogP contribution in [0.25, 0.3) is 12.2 Å². The van der Waals surface area contributed by atoms with E-state index in [1.807, 2.05) is 12.1 Å². The molecule has 0 spiro atoms. The van der Waals surface area contributed by atoms with Gasteiger partial charge in [0.15, 0.2) is 5.60 Å². The molecule has 3 aromatic rings. The van der Waals surface area contributed by atoms with Gasteiger partial charge < -0.3 is 14.5 Å². The van der Waals surface area contributed by atoms with Gasteiger partial charge in [0.1, 0.15) is 0 Å². The molecule has 0 fully saturated rings. The van der Waals surface area contributed by atoms with E-state index < -0.39 is 5.60 Å². The molecule has 3 aromatic carbocycles. The number of ether oxygens (including phenoxy) is 1. The van der Waals surface area contributed by atoms with Gasteiger partial charge in [0, 0.05) is 41.2 Å². The van der Waals surface area contributed by atoms with Crippen molar-refractivity contribution in [1.29, 1.82) is 0 Å². The predicted octanol–water partition coefficient (Wildman–Crippen LogP) is 11.4. The molecule has 0 aromatic heterocycles. The lowest BCUT2D eigenvalue weighted by atomic mass is 9.70. The lowest BCUT2D eigenvalue weighted by Crippen LogP contribution is -2.50. The Morgan fingerprint density at radius 3 is 1.54 bits per heavy atom. The number of benzene rings is 3. The third kappa shape index (κ3) is 6.60. The number of esters is 1. The van der Waals surface area contributed by atoms with Crippen LogP contribution in [0, 0.1) is 0 Å². The maximum Gasteiger partial charge on any atom is 0.340 e. The lowest BCUT2D eigenvalue weighted by Gasteiger charge is -2.48. The maximum absolute atomic E-state index is 13.9. The van der Waals surface area contributed by atoms with E-state index in [4.69, 9.17) is 4.74 Å². The second-order valence-electron chi connectivity index (χ2n) is 14.2. The summed E-state index contributed by atoms with van der Waals surface area (Å²) in [4.78, 5) is 19.1. The number of nitrogens with zero attached hydrogens (tertiary/aromatic N) is 2. The molecule has 4 nitrogen and oxygen atoms in total. The van der Waals surface area contributed by atoms with Crippen molar-refractivity contribution in [3.63, 3.8) is 0 Å². The average Bonchev–Trinajstić information content (AvgIpc) is 3.41. The van der Waals surface area contributed by atoms with Gasteiger partial charge in [0.25, 0.3) is 0 Å². The minimum absolute atomic E-state index is 0.0479. The number of cyclic esters (lactones) is 1. The first-order valence-corrected chi connectivity index (χ1v) is 19.0. The molecule has 0 N–H and O–H groups in total. The summed E-state index contributed by atoms with van der Waals surface area (Å²) >= 11 is 0. The van der Waals surface area contributed by atoms with Crippen LogP contribution in [0.3, 0.4) is 0 Å². The highest BCUT2D eigenvalue weighted by Crippen LogP contribution is 2.55. The Morgan fingerprint density at radius 1 is 0.583 bits per heavy atom. The van der Waals surface area contributed by atoms with Crippen molar-refractivity contribution < 1.29 is 9.53 Å². The summed E-state index contributed by atoms with van der Waals surface area (Å²) in [6, 6.07) is 25.8. The monoisotopic (exact) mass is 644 g/mol. The third-order valence-electron chi connectivity index (χ3n) is 11.0. The molecular formula is C44H56N2O2. The summed E-state index contributed by atoms with van der Waals surface area (Å²) in [5.74, 6) is -0.227. The van der Waals surface area contributed by atoms with Crippen LogP contribution in [0.2, 0.25) is 0 Å². The zero-order valence-electron chi connectivity index (χ0n) is 29.8. The molecule has 48 heavy (non-hydrogen) atoms. The van der Waals surface area contributed by atoms with Gasteiger partial charge in [-0.05, 0) is 68.2 Å². The number of fused-ring (bicyclic) bond motifs is 3. The van der Waals surface area contributed by atoms with Gasteiger partial charge in [-0.2, -0.15) is 0 Å². The second kappa shape index (κ2) is 15.6. The summed E-state index contributed by atoms with van der Waals surface area (Å²) in [5.41, 5.74) is 7.92. The third-order valence-corrected chi connectivity index (χ3v) is 11.0. The Labute approximate surface area is 289 Å². The minimum Gasteiger partial charge on any atom is -0.441 e. The Kier molecular flexibility index (Phi) is 11.1. The van der Waals surface area contributed by atoms with Crippen LogP contribution in [0.1, 0.15) is 132 Å². The molecule has 0 amide bonds. The SMILES string of the molecule is CCCCCCCCN1c2ccccc2C=C(C2(C3=Cc4ccccc4N(CCCCCCCC)C3C)OC(=O)c3ccccc32)C1C. The number of carbonyl (C=O) groups is 1. The van der Waals surface area contributed by atoms with Crippen molar-refractivity contribution in [1.82, 2.24) is 0 Å². The average molecular weight is 645 g/mol. The molecule has 6 rings (SSSR count). The molecule has 0 radical (unpaired) electrons. The molecule has 0 bridgehead atoms. The summed E-state index contributed by atoms with van der Waals surface area (Å²) in [7, 11) is 0. The van der Waals surface area contributed by atoms with E-state index in [9.17, 15) is 4.79 Å². The first-order chi connectivity index (χ1) is 23.5. The molecule has 3 heterocycles. The smallest absolute Gasteiger partial charge is 0.340 e. The van der Waals surface area contributed by atoms with Crippen molar-refractivity contribution >= 4 is 29.5 Å². The lowest BCUT2D eigenvalue weighted by molar-refractivity contribution is 0.0198. The van der Waals surface area contributed by atoms with Gasteiger partial charge in [0.2, 0.25) is 0 Å². The highest BCUT2D eigenvalue weighted by molar-refractivity contribution is 5.98. The van der Waals surface area contributed by atoms with Crippen LogP contribution in [0.15, 0.2) is 83.9 Å². The van der Waals surface area contributed by atoms with Gasteiger partial charge >= 0.3 is 5.97 Å². The van der Waals surface area contributed by atoms with Gasteiger partial charge in [0.05, 0.1) is 17.6 Å². The molecule has 4 heteroatoms. The number of hydrogen-bond donors (Lipinski definition) is 0. The molecule has 0 aliphatic carbocycles. The van der Waals surface area contributed by atoms with Crippen molar-refractivity contribution in [3.05, 3.63) is 106 Å². The fraction of sp³-hybridized carbons (Fsp3) is 0.477. The number of anilines is 2. The van der Waals surface area contributed by atoms with Gasteiger partial charge in [-0.3, -0.25) is 0 Å². The number of para-hydroxylation sites is 2. The first-order valence-electron chi connectivity index (χ1n) is 19.0. The fourth-order valence-corrected chi connectivity index (χ4v) is 8.43. The van der Waals surface area contributed by atoms with Gasteiger partial charge in [-0.1, -0.05) is 133 Å². The highest BCUT2D eigenvalue weighted by Gasteiger charge is 2.56. The Hall–Kier alpha value is -3.79. The molecule has 0 saturated carbocycles. The largest absolute Gasteiger partial charge is 0.441 e. The van der Waals surface area contributed by atoms with Crippen LogP contribution in [-0.4, -0.2) is 31.1 Å². The normalized spacial score (nSPS) is 21.3. The van der Waals surface area contributed by atoms with Crippen molar-refractivity contribution in [3.8, 4) is 0 Å². The first kappa shape index (κ1) is 34.1. The van der Waals surface area contributed by atoms with Crippen LogP contribution in [-0.2, 0) is 10.3 Å². The number of hydrogen-bond acceptors (Lipinski definition) is 4. The fourth-order valence-electron chi connectivity index (χ4n) is 8.43. The highest BCUT2D eigenvalue weighted by atomic mass is 16.6. The summed E-state index contributed by atoms with van der Waals surface area (Å²) < 4.78 is 6.88. The van der Waals surface area contributed by atoms with Crippen molar-refractivity contribution in [2.75, 3.05) is 22.9 Å². The molecule has 2 unspecified atom stereocenters. The van der Waals surface area contributed by atoms with Crippen LogP contribution >= 0.6 is 0 Å². The van der Waals surface area contributed by atoms with Crippen LogP contribution < -0.4 is 9.80 Å². The van der Waals surface area contributed by atoms with Gasteiger partial charge in [-0.15, -0.1) is 0 Å². The molecule has 3 aliphatic rings. The molecular weight excluding hydrogens is 588 g/mol. The van der Waals surface area contributed by atoms with E-state index in [0.717, 1.165) is 42.6 Å². The number of carbonyl (C=O) groups excluding carboxylic acids is 1. The van der Waals surface area contributed by atoms with E-state index >= 15 is 0 Å². The molecule has 2 atom stereocenters. The minimum atomic E-state index is -0.994. The van der Waals surface area contributed by atoms with E-state index in [0.29, 0.717) is 5.56 Å². The summed E-state index contributed by atoms with van der Waals surface area (Å²) in [6.45, 7) is 11.2. The van der Waals surface area contributed by atoms with E-state index in [-0.39, 0.29) is 18.1 Å². The van der Waals surface area contributed by atoms with Crippen molar-refractivity contribution in [2.24, 2.45) is 0 Å². The zero-order valence-corrected chi connectivity index (χ0v) is 29.8. The summed E-state index contributed by atoms with van der Waals surface area (Å²) in [6.07, 6.45) is 19.8. The van der Waals surface area contributed by atoms with E-state index in [1.165, 1.54) is 86.7 Å². The quantitative estimate of drug-likeness (QED) is 0.115. The number of rotatable bonds is 16. The molecule has 0 saturated heterocycles. The Bertz CT molecular complexity index is 1530. The number of unbranched alkanes of at least 4 members (excludes halogenated alkanes) is 10. The molecule has 254 valence electrons. The molecule has 3 aliphatic heterocycles. The zero-order chi connectivity index (χ0) is 33.5. The Morgan fingerprint density at radius 2 is 1.02 bits per heavy atom. The van der Waals surface area contributed by atoms with E-state index in [2.05, 4.69) is 110 Å². The Balaban J connectivity index is 1.42. The van der Waals surface area contributed by atoms with Crippen LogP contribution in [0.4, 0.5) is 11.4 Å².